The van der Waals surface area contributed by atoms with Gasteiger partial charge in [0.15, 0.2) is 0 Å². The van der Waals surface area contributed by atoms with E-state index < -0.39 is 0 Å². The average Bonchev–Trinajstić information content (AvgIpc) is 2.68. The molecule has 3 N–H and O–H groups in total. The van der Waals surface area contributed by atoms with Crippen molar-refractivity contribution in [2.24, 2.45) is 11.7 Å². The van der Waals surface area contributed by atoms with Crippen LogP contribution in [0.25, 0.3) is 0 Å². The molecule has 4 nitrogen and oxygen atoms in total. The number of hydrogen-bond donors (Lipinski definition) is 2. The van der Waals surface area contributed by atoms with Crippen LogP contribution in [-0.2, 0) is 4.79 Å². The lowest BCUT2D eigenvalue weighted by Crippen LogP contribution is -2.28. The van der Waals surface area contributed by atoms with Gasteiger partial charge >= 0.3 is 0 Å². The zero-order valence-electron chi connectivity index (χ0n) is 11.0. The van der Waals surface area contributed by atoms with Crippen molar-refractivity contribution >= 4 is 36.4 Å². The molecule has 0 unspecified atom stereocenters. The van der Waals surface area contributed by atoms with Crippen molar-refractivity contribution in [3.05, 3.63) is 24.0 Å². The van der Waals surface area contributed by atoms with E-state index >= 15 is 0 Å². The minimum Gasteiger partial charge on any atom is -0.327 e. The fourth-order valence-corrected chi connectivity index (χ4v) is 2.37. The lowest BCUT2D eigenvalue weighted by atomic mass is 10.00. The summed E-state index contributed by atoms with van der Waals surface area (Å²) < 4.78 is 0. The Morgan fingerprint density at radius 3 is 2.79 bits per heavy atom. The van der Waals surface area contributed by atoms with Gasteiger partial charge in [0.05, 0.1) is 11.4 Å². The van der Waals surface area contributed by atoms with Crippen molar-refractivity contribution in [2.45, 2.75) is 38.6 Å². The summed E-state index contributed by atoms with van der Waals surface area (Å²) in [6, 6.07) is 3.88. The highest BCUT2D eigenvalue weighted by atomic mass is 35.5. The van der Waals surface area contributed by atoms with Gasteiger partial charge in [-0.3, -0.25) is 9.78 Å². The van der Waals surface area contributed by atoms with Crippen molar-refractivity contribution in [2.75, 3.05) is 5.32 Å². The Morgan fingerprint density at radius 2 is 2.21 bits per heavy atom. The zero-order valence-corrected chi connectivity index (χ0v) is 12.6. The predicted molar refractivity (Wildman–Crippen MR) is 82.0 cm³/mol. The lowest BCUT2D eigenvalue weighted by Gasteiger charge is -2.15. The third kappa shape index (κ3) is 4.97. The lowest BCUT2D eigenvalue weighted by molar-refractivity contribution is -0.117. The summed E-state index contributed by atoms with van der Waals surface area (Å²) in [5.41, 5.74) is 7.60. The molecule has 0 bridgehead atoms. The standard InChI is InChI=1S/C13H19N3O.2ClH/c1-9-12(6-3-7-15-9)16-13(17)8-10-4-2-5-11(10)14;;/h3,6-7,10-11H,2,4-5,8,14H2,1H3,(H,16,17);2*1H/t10-,11+;;/m0../s1. The number of aromatic nitrogens is 1. The first-order valence-electron chi connectivity index (χ1n) is 6.14. The summed E-state index contributed by atoms with van der Waals surface area (Å²) in [6.07, 6.45) is 5.50. The number of nitrogens with one attached hydrogen (secondary N) is 1. The van der Waals surface area contributed by atoms with Crippen molar-refractivity contribution in [1.29, 1.82) is 0 Å². The third-order valence-corrected chi connectivity index (χ3v) is 3.45. The number of anilines is 1. The number of rotatable bonds is 3. The van der Waals surface area contributed by atoms with E-state index in [1.54, 1.807) is 6.20 Å². The van der Waals surface area contributed by atoms with Gasteiger partial charge in [-0.05, 0) is 37.8 Å². The maximum Gasteiger partial charge on any atom is 0.224 e. The van der Waals surface area contributed by atoms with Crippen LogP contribution in [0, 0.1) is 12.8 Å². The normalized spacial score (nSPS) is 21.2. The molecular weight excluding hydrogens is 285 g/mol. The van der Waals surface area contributed by atoms with E-state index in [0.717, 1.165) is 30.6 Å². The highest BCUT2D eigenvalue weighted by molar-refractivity contribution is 5.91. The number of nitrogens with two attached hydrogens (primary N) is 1. The summed E-state index contributed by atoms with van der Waals surface area (Å²) in [6.45, 7) is 1.89. The molecular formula is C13H21Cl2N3O. The molecule has 1 fully saturated rings. The monoisotopic (exact) mass is 305 g/mol. The Kier molecular flexibility index (Phi) is 7.99. The SMILES string of the molecule is Cc1ncccc1NC(=O)C[C@@H]1CCC[C@H]1N.Cl.Cl. The Labute approximate surface area is 126 Å². The molecule has 0 radical (unpaired) electrons. The second kappa shape index (κ2) is 8.35. The van der Waals surface area contributed by atoms with E-state index in [1.807, 2.05) is 19.1 Å². The molecule has 1 aromatic rings. The van der Waals surface area contributed by atoms with Gasteiger partial charge in [-0.25, -0.2) is 0 Å². The maximum atomic E-state index is 11.9. The molecule has 1 amide bonds. The van der Waals surface area contributed by atoms with E-state index in [0.29, 0.717) is 12.3 Å². The Bertz CT molecular complexity index is 415. The van der Waals surface area contributed by atoms with Crippen molar-refractivity contribution in [1.82, 2.24) is 4.98 Å². The Balaban J connectivity index is 0.00000162. The molecule has 0 saturated heterocycles. The Morgan fingerprint density at radius 1 is 1.47 bits per heavy atom. The third-order valence-electron chi connectivity index (χ3n) is 3.45. The van der Waals surface area contributed by atoms with E-state index in [1.165, 1.54) is 0 Å². The van der Waals surface area contributed by atoms with Gasteiger partial charge in [0.1, 0.15) is 0 Å². The number of hydrogen-bond acceptors (Lipinski definition) is 3. The minimum absolute atomic E-state index is 0. The van der Waals surface area contributed by atoms with Crippen LogP contribution in [0.1, 0.15) is 31.4 Å². The first kappa shape index (κ1) is 18.2. The van der Waals surface area contributed by atoms with Crippen LogP contribution in [0.5, 0.6) is 0 Å². The average molecular weight is 306 g/mol. The molecule has 2 rings (SSSR count). The fraction of sp³-hybridized carbons (Fsp3) is 0.538. The smallest absolute Gasteiger partial charge is 0.224 e. The van der Waals surface area contributed by atoms with Crippen LogP contribution in [0.4, 0.5) is 5.69 Å². The first-order chi connectivity index (χ1) is 8.16. The molecule has 0 aromatic carbocycles. The van der Waals surface area contributed by atoms with E-state index in [4.69, 9.17) is 5.73 Å². The molecule has 0 aliphatic heterocycles. The number of halogens is 2. The van der Waals surface area contributed by atoms with Crippen LogP contribution in [-0.4, -0.2) is 16.9 Å². The maximum absolute atomic E-state index is 11.9. The van der Waals surface area contributed by atoms with Crippen LogP contribution >= 0.6 is 24.8 Å². The zero-order chi connectivity index (χ0) is 12.3. The molecule has 19 heavy (non-hydrogen) atoms. The molecule has 1 aromatic heterocycles. The van der Waals surface area contributed by atoms with Gasteiger partial charge in [-0.2, -0.15) is 0 Å². The van der Waals surface area contributed by atoms with Gasteiger partial charge < -0.3 is 11.1 Å². The number of pyridine rings is 1. The second-order valence-electron chi connectivity index (χ2n) is 4.74. The summed E-state index contributed by atoms with van der Waals surface area (Å²) in [4.78, 5) is 16.0. The first-order valence-corrected chi connectivity index (χ1v) is 6.14. The minimum atomic E-state index is 0. The number of nitrogens with zero attached hydrogens (tertiary/aromatic N) is 1. The van der Waals surface area contributed by atoms with Gasteiger partial charge in [-0.1, -0.05) is 6.42 Å². The van der Waals surface area contributed by atoms with Crippen LogP contribution in [0.3, 0.4) is 0 Å². The molecule has 2 atom stereocenters. The highest BCUT2D eigenvalue weighted by Gasteiger charge is 2.26. The largest absolute Gasteiger partial charge is 0.327 e. The van der Waals surface area contributed by atoms with E-state index in [9.17, 15) is 4.79 Å². The van der Waals surface area contributed by atoms with Crippen LogP contribution in [0.2, 0.25) is 0 Å². The predicted octanol–water partition coefficient (Wildman–Crippen LogP) is 2.69. The molecule has 1 aliphatic carbocycles. The highest BCUT2D eigenvalue weighted by Crippen LogP contribution is 2.27. The van der Waals surface area contributed by atoms with Crippen molar-refractivity contribution < 1.29 is 4.79 Å². The molecule has 0 spiro atoms. The molecule has 1 aliphatic rings. The Hall–Kier alpha value is -0.840. The topological polar surface area (TPSA) is 68.0 Å². The van der Waals surface area contributed by atoms with E-state index in [2.05, 4.69) is 10.3 Å². The van der Waals surface area contributed by atoms with Crippen molar-refractivity contribution in [3.63, 3.8) is 0 Å². The second-order valence-corrected chi connectivity index (χ2v) is 4.74. The quantitative estimate of drug-likeness (QED) is 0.902. The van der Waals surface area contributed by atoms with Gasteiger partial charge in [0, 0.05) is 18.7 Å². The van der Waals surface area contributed by atoms with Crippen LogP contribution in [0.15, 0.2) is 18.3 Å². The number of carbonyl (C=O) groups is 1. The number of amides is 1. The molecule has 108 valence electrons. The van der Waals surface area contributed by atoms with E-state index in [-0.39, 0.29) is 36.8 Å². The number of aryl methyl sites for hydroxylation is 1. The number of carbonyl (C=O) groups excluding carboxylic acids is 1. The summed E-state index contributed by atoms with van der Waals surface area (Å²) >= 11 is 0. The fourth-order valence-electron chi connectivity index (χ4n) is 2.37. The molecule has 1 heterocycles. The van der Waals surface area contributed by atoms with Crippen LogP contribution < -0.4 is 11.1 Å². The van der Waals surface area contributed by atoms with Gasteiger partial charge in [0.2, 0.25) is 5.91 Å². The summed E-state index contributed by atoms with van der Waals surface area (Å²) in [5.74, 6) is 0.385. The molecule has 1 saturated carbocycles. The van der Waals surface area contributed by atoms with Gasteiger partial charge in [-0.15, -0.1) is 24.8 Å². The summed E-state index contributed by atoms with van der Waals surface area (Å²) in [7, 11) is 0. The summed E-state index contributed by atoms with van der Waals surface area (Å²) in [5, 5.41) is 2.90. The van der Waals surface area contributed by atoms with Gasteiger partial charge in [0.25, 0.3) is 0 Å². The van der Waals surface area contributed by atoms with Crippen molar-refractivity contribution in [3.8, 4) is 0 Å². The molecule has 6 heteroatoms.